The second-order valence-electron chi connectivity index (χ2n) is 8.64. The maximum Gasteiger partial charge on any atom is 0.308 e. The fourth-order valence-electron chi connectivity index (χ4n) is 5.05. The number of carbonyl (C=O) groups is 1. The molecule has 1 aliphatic heterocycles. The Kier molecular flexibility index (Phi) is 4.82. The van der Waals surface area contributed by atoms with Gasteiger partial charge in [0.1, 0.15) is 0 Å². The Morgan fingerprint density at radius 1 is 1.03 bits per heavy atom. The molecule has 0 aromatic heterocycles. The number of rotatable bonds is 3. The third-order valence-electron chi connectivity index (χ3n) is 6.61. The van der Waals surface area contributed by atoms with Crippen molar-refractivity contribution in [2.24, 2.45) is 0 Å². The molecule has 4 heteroatoms. The van der Waals surface area contributed by atoms with Gasteiger partial charge in [0, 0.05) is 25.1 Å². The van der Waals surface area contributed by atoms with E-state index in [4.69, 9.17) is 9.47 Å². The van der Waals surface area contributed by atoms with Crippen molar-refractivity contribution in [1.29, 1.82) is 0 Å². The maximum atomic E-state index is 12.0. The molecule has 0 unspecified atom stereocenters. The highest BCUT2D eigenvalue weighted by molar-refractivity contribution is 5.88. The number of ether oxygens (including phenoxy) is 2. The van der Waals surface area contributed by atoms with Gasteiger partial charge in [-0.05, 0) is 72.3 Å². The topological polar surface area (TPSA) is 38.8 Å². The molecule has 5 rings (SSSR count). The molecule has 1 aliphatic carbocycles. The maximum absolute atomic E-state index is 12.0. The van der Waals surface area contributed by atoms with E-state index < -0.39 is 0 Å². The molecule has 0 saturated carbocycles. The normalized spacial score (nSPS) is 17.0. The lowest BCUT2D eigenvalue weighted by molar-refractivity contribution is -0.131. The van der Waals surface area contributed by atoms with Gasteiger partial charge in [0.15, 0.2) is 11.5 Å². The SMILES string of the molecule is COc1ccc2c(c1OC(C)=O)-c1cc(-c3ccc(C)cc3)cc3c1[C@@H](C2)N(C)CC3. The Morgan fingerprint density at radius 3 is 2.52 bits per heavy atom. The molecule has 0 N–H and O–H groups in total. The fraction of sp³-hybridized carbons (Fsp3) is 0.296. The lowest BCUT2D eigenvalue weighted by Crippen LogP contribution is -2.35. The molecule has 31 heavy (non-hydrogen) atoms. The highest BCUT2D eigenvalue weighted by Crippen LogP contribution is 2.52. The van der Waals surface area contributed by atoms with Crippen LogP contribution in [0.1, 0.15) is 35.2 Å². The van der Waals surface area contributed by atoms with Crippen LogP contribution < -0.4 is 9.47 Å². The predicted octanol–water partition coefficient (Wildman–Crippen LogP) is 5.35. The van der Waals surface area contributed by atoms with E-state index in [0.29, 0.717) is 17.5 Å². The van der Waals surface area contributed by atoms with Gasteiger partial charge in [0.05, 0.1) is 7.11 Å². The average Bonchev–Trinajstić information content (AvgIpc) is 2.76. The number of nitrogens with zero attached hydrogens (tertiary/aromatic N) is 1. The van der Waals surface area contributed by atoms with Crippen LogP contribution in [0.5, 0.6) is 11.5 Å². The number of benzene rings is 3. The number of esters is 1. The Morgan fingerprint density at radius 2 is 1.81 bits per heavy atom. The van der Waals surface area contributed by atoms with Crippen molar-refractivity contribution in [2.75, 3.05) is 20.7 Å². The van der Waals surface area contributed by atoms with Crippen LogP contribution in [0, 0.1) is 6.92 Å². The summed E-state index contributed by atoms with van der Waals surface area (Å²) >= 11 is 0. The van der Waals surface area contributed by atoms with Gasteiger partial charge in [-0.3, -0.25) is 9.69 Å². The smallest absolute Gasteiger partial charge is 0.308 e. The monoisotopic (exact) mass is 413 g/mol. The molecule has 2 aliphatic rings. The summed E-state index contributed by atoms with van der Waals surface area (Å²) in [5.41, 5.74) is 9.72. The van der Waals surface area contributed by atoms with Crippen molar-refractivity contribution in [3.05, 3.63) is 70.8 Å². The number of methoxy groups -OCH3 is 1. The Hall–Kier alpha value is -3.11. The first kappa shape index (κ1) is 19.8. The second-order valence-corrected chi connectivity index (χ2v) is 8.64. The van der Waals surface area contributed by atoms with E-state index in [0.717, 1.165) is 30.5 Å². The molecule has 0 spiro atoms. The average molecular weight is 414 g/mol. The third kappa shape index (κ3) is 3.31. The number of fused-ring (bicyclic) bond motifs is 2. The molecule has 3 aromatic rings. The van der Waals surface area contributed by atoms with Gasteiger partial charge in [-0.2, -0.15) is 0 Å². The summed E-state index contributed by atoms with van der Waals surface area (Å²) in [7, 11) is 3.82. The van der Waals surface area contributed by atoms with Crippen LogP contribution >= 0.6 is 0 Å². The van der Waals surface area contributed by atoms with Gasteiger partial charge in [-0.1, -0.05) is 42.0 Å². The molecule has 0 fully saturated rings. The summed E-state index contributed by atoms with van der Waals surface area (Å²) in [5, 5.41) is 0. The molecule has 0 radical (unpaired) electrons. The molecule has 0 bridgehead atoms. The summed E-state index contributed by atoms with van der Waals surface area (Å²) in [6.07, 6.45) is 1.91. The van der Waals surface area contributed by atoms with Crippen molar-refractivity contribution in [2.45, 2.75) is 32.7 Å². The second kappa shape index (κ2) is 7.54. The number of hydrogen-bond donors (Lipinski definition) is 0. The minimum atomic E-state index is -0.338. The van der Waals surface area contributed by atoms with Crippen LogP contribution in [0.2, 0.25) is 0 Å². The van der Waals surface area contributed by atoms with E-state index in [1.165, 1.54) is 40.3 Å². The highest BCUT2D eigenvalue weighted by Gasteiger charge is 2.35. The van der Waals surface area contributed by atoms with Crippen LogP contribution in [-0.2, 0) is 17.6 Å². The zero-order valence-corrected chi connectivity index (χ0v) is 18.5. The summed E-state index contributed by atoms with van der Waals surface area (Å²) in [6, 6.07) is 17.6. The van der Waals surface area contributed by atoms with Crippen molar-refractivity contribution in [1.82, 2.24) is 4.90 Å². The largest absolute Gasteiger partial charge is 0.493 e. The molecule has 0 saturated heterocycles. The minimum Gasteiger partial charge on any atom is -0.493 e. The Labute approximate surface area is 183 Å². The summed E-state index contributed by atoms with van der Waals surface area (Å²) in [4.78, 5) is 14.4. The lowest BCUT2D eigenvalue weighted by atomic mass is 9.75. The number of carbonyl (C=O) groups excluding carboxylic acids is 1. The van der Waals surface area contributed by atoms with E-state index in [1.54, 1.807) is 7.11 Å². The fourth-order valence-corrected chi connectivity index (χ4v) is 5.05. The minimum absolute atomic E-state index is 0.330. The standard InChI is InChI=1S/C27H27NO3/c1-16-5-7-18(8-6-16)21-13-20-11-12-28(3)23-15-19-9-10-24(30-4)27(31-17(2)29)26(19)22(14-21)25(20)23/h5-10,13-14,23H,11-12,15H2,1-4H3/t23-/m1/s1. The molecule has 1 heterocycles. The molecule has 1 atom stereocenters. The molecule has 158 valence electrons. The zero-order valence-electron chi connectivity index (χ0n) is 18.5. The quantitative estimate of drug-likeness (QED) is 0.429. The first-order valence-corrected chi connectivity index (χ1v) is 10.8. The van der Waals surface area contributed by atoms with Crippen molar-refractivity contribution in [3.63, 3.8) is 0 Å². The predicted molar refractivity (Wildman–Crippen MR) is 123 cm³/mol. The first-order chi connectivity index (χ1) is 15.0. The molecule has 0 amide bonds. The molecule has 3 aromatic carbocycles. The Bertz CT molecular complexity index is 1180. The van der Waals surface area contributed by atoms with Crippen LogP contribution in [0.15, 0.2) is 48.5 Å². The van der Waals surface area contributed by atoms with E-state index in [9.17, 15) is 4.79 Å². The van der Waals surface area contributed by atoms with Gasteiger partial charge < -0.3 is 9.47 Å². The van der Waals surface area contributed by atoms with Crippen LogP contribution in [0.4, 0.5) is 0 Å². The van der Waals surface area contributed by atoms with Gasteiger partial charge >= 0.3 is 5.97 Å². The van der Waals surface area contributed by atoms with Gasteiger partial charge in [0.25, 0.3) is 0 Å². The van der Waals surface area contributed by atoms with Crippen LogP contribution in [-0.4, -0.2) is 31.6 Å². The summed E-state index contributed by atoms with van der Waals surface area (Å²) < 4.78 is 11.3. The summed E-state index contributed by atoms with van der Waals surface area (Å²) in [6.45, 7) is 4.59. The molecule has 4 nitrogen and oxygen atoms in total. The van der Waals surface area contributed by atoms with Crippen molar-refractivity contribution >= 4 is 5.97 Å². The van der Waals surface area contributed by atoms with Crippen LogP contribution in [0.3, 0.4) is 0 Å². The van der Waals surface area contributed by atoms with Crippen molar-refractivity contribution in [3.8, 4) is 33.8 Å². The third-order valence-corrected chi connectivity index (χ3v) is 6.61. The highest BCUT2D eigenvalue weighted by atomic mass is 16.6. The van der Waals surface area contributed by atoms with E-state index >= 15 is 0 Å². The Balaban J connectivity index is 1.80. The number of hydrogen-bond acceptors (Lipinski definition) is 4. The van der Waals surface area contributed by atoms with E-state index in [1.807, 2.05) is 6.07 Å². The first-order valence-electron chi connectivity index (χ1n) is 10.8. The van der Waals surface area contributed by atoms with Gasteiger partial charge in [-0.25, -0.2) is 0 Å². The van der Waals surface area contributed by atoms with Crippen molar-refractivity contribution < 1.29 is 14.3 Å². The zero-order chi connectivity index (χ0) is 21.7. The van der Waals surface area contributed by atoms with E-state index in [-0.39, 0.29) is 5.97 Å². The van der Waals surface area contributed by atoms with Crippen LogP contribution in [0.25, 0.3) is 22.3 Å². The summed E-state index contributed by atoms with van der Waals surface area (Å²) in [5.74, 6) is 0.781. The number of aryl methyl sites for hydroxylation is 1. The van der Waals surface area contributed by atoms with Gasteiger partial charge in [-0.15, -0.1) is 0 Å². The molecular weight excluding hydrogens is 386 g/mol. The van der Waals surface area contributed by atoms with Gasteiger partial charge in [0.2, 0.25) is 0 Å². The molecular formula is C27H27NO3. The van der Waals surface area contributed by atoms with E-state index in [2.05, 4.69) is 61.3 Å². The lowest BCUT2D eigenvalue weighted by Gasteiger charge is -2.40. The number of likely N-dealkylation sites (N-methyl/N-ethyl adjacent to an activating group) is 1.